The maximum absolute atomic E-state index is 11.6. The van der Waals surface area contributed by atoms with Gasteiger partial charge >= 0.3 is 0 Å². The Balaban J connectivity index is 1.92. The number of hydrogen-bond acceptors (Lipinski definition) is 4. The predicted octanol–water partition coefficient (Wildman–Crippen LogP) is 2.58. The van der Waals surface area contributed by atoms with E-state index in [0.29, 0.717) is 0 Å². The third kappa shape index (κ3) is 1.33. The molecule has 1 aromatic heterocycles. The van der Waals surface area contributed by atoms with E-state index in [9.17, 15) is 4.79 Å². The van der Waals surface area contributed by atoms with Crippen molar-refractivity contribution in [3.8, 4) is 0 Å². The van der Waals surface area contributed by atoms with Gasteiger partial charge in [-0.2, -0.15) is 0 Å². The minimum Gasteiger partial charge on any atom is -0.302 e. The molecule has 100 valence electrons. The summed E-state index contributed by atoms with van der Waals surface area (Å²) in [5.41, 5.74) is 0.801. The first-order chi connectivity index (χ1) is 9.73. The van der Waals surface area contributed by atoms with Crippen molar-refractivity contribution in [3.63, 3.8) is 0 Å². The number of nitrogens with zero attached hydrogens (tertiary/aromatic N) is 3. The molecule has 0 aromatic carbocycles. The first-order valence-electron chi connectivity index (χ1n) is 6.49. The summed E-state index contributed by atoms with van der Waals surface area (Å²) < 4.78 is 2.09. The van der Waals surface area contributed by atoms with Gasteiger partial charge in [0.2, 0.25) is 5.95 Å². The van der Waals surface area contributed by atoms with Crippen LogP contribution in [0.5, 0.6) is 0 Å². The van der Waals surface area contributed by atoms with Gasteiger partial charge in [0.15, 0.2) is 5.12 Å². The van der Waals surface area contributed by atoms with Crippen LogP contribution in [0.15, 0.2) is 55.0 Å². The van der Waals surface area contributed by atoms with Crippen molar-refractivity contribution < 1.29 is 4.79 Å². The van der Waals surface area contributed by atoms with Gasteiger partial charge in [-0.25, -0.2) is 4.98 Å². The Morgan fingerprint density at radius 1 is 1.40 bits per heavy atom. The third-order valence-corrected chi connectivity index (χ3v) is 4.97. The van der Waals surface area contributed by atoms with Crippen LogP contribution in [0.1, 0.15) is 6.92 Å². The van der Waals surface area contributed by atoms with Crippen LogP contribution in [0.2, 0.25) is 0 Å². The number of anilines is 1. The molecule has 0 N–H and O–H groups in total. The molecule has 0 amide bonds. The second-order valence-electron chi connectivity index (χ2n) is 4.96. The van der Waals surface area contributed by atoms with Gasteiger partial charge in [0.1, 0.15) is 5.54 Å². The number of aromatic nitrogens is 2. The summed E-state index contributed by atoms with van der Waals surface area (Å²) in [5, 5.41) is 0.172. The molecule has 4 nitrogen and oxygen atoms in total. The molecule has 3 aliphatic rings. The molecule has 20 heavy (non-hydrogen) atoms. The number of rotatable bonds is 1. The van der Waals surface area contributed by atoms with Gasteiger partial charge < -0.3 is 4.90 Å². The topological polar surface area (TPSA) is 38.1 Å². The van der Waals surface area contributed by atoms with Gasteiger partial charge in [-0.05, 0) is 12.2 Å². The summed E-state index contributed by atoms with van der Waals surface area (Å²) >= 11 is 1.37. The number of imidazole rings is 1. The summed E-state index contributed by atoms with van der Waals surface area (Å²) in [6.07, 6.45) is 18.2. The van der Waals surface area contributed by atoms with Crippen LogP contribution in [0.3, 0.4) is 0 Å². The lowest BCUT2D eigenvalue weighted by Crippen LogP contribution is -2.51. The Morgan fingerprint density at radius 2 is 2.30 bits per heavy atom. The van der Waals surface area contributed by atoms with Gasteiger partial charge in [0.25, 0.3) is 0 Å². The zero-order valence-corrected chi connectivity index (χ0v) is 11.7. The molecule has 2 aliphatic heterocycles. The van der Waals surface area contributed by atoms with E-state index in [1.165, 1.54) is 11.8 Å². The number of hydrogen-bond donors (Lipinski definition) is 0. The number of carbonyl (C=O) groups excluding carboxylic acids is 1. The van der Waals surface area contributed by atoms with Crippen molar-refractivity contribution >= 4 is 28.5 Å². The largest absolute Gasteiger partial charge is 0.302 e. The molecule has 0 bridgehead atoms. The lowest BCUT2D eigenvalue weighted by atomic mass is 9.85. The molecule has 1 aliphatic carbocycles. The van der Waals surface area contributed by atoms with Gasteiger partial charge in [0.05, 0.1) is 10.9 Å². The molecule has 0 saturated carbocycles. The smallest absolute Gasteiger partial charge is 0.215 e. The highest BCUT2D eigenvalue weighted by Crippen LogP contribution is 2.50. The predicted molar refractivity (Wildman–Crippen MR) is 81.2 cm³/mol. The fourth-order valence-corrected chi connectivity index (χ4v) is 4.15. The SMILES string of the molecule is CC(=O)SC1C=CC=C2n3ccnc3N3C=CC=CC213. The van der Waals surface area contributed by atoms with E-state index in [4.69, 9.17) is 0 Å². The summed E-state index contributed by atoms with van der Waals surface area (Å²) in [6.45, 7) is 1.62. The summed E-state index contributed by atoms with van der Waals surface area (Å²) in [7, 11) is 0. The second kappa shape index (κ2) is 3.99. The van der Waals surface area contributed by atoms with Gasteiger partial charge in [-0.3, -0.25) is 9.36 Å². The van der Waals surface area contributed by atoms with Crippen LogP contribution in [0.4, 0.5) is 5.95 Å². The van der Waals surface area contributed by atoms with Crippen molar-refractivity contribution in [2.75, 3.05) is 4.90 Å². The van der Waals surface area contributed by atoms with E-state index in [1.54, 1.807) is 13.1 Å². The summed E-state index contributed by atoms with van der Waals surface area (Å²) in [5.74, 6) is 0.898. The van der Waals surface area contributed by atoms with Crippen LogP contribution in [-0.4, -0.2) is 25.5 Å². The summed E-state index contributed by atoms with van der Waals surface area (Å²) in [6, 6.07) is 0. The van der Waals surface area contributed by atoms with E-state index >= 15 is 0 Å². The van der Waals surface area contributed by atoms with Gasteiger partial charge in [0, 0.05) is 25.5 Å². The molecule has 0 fully saturated rings. The zero-order chi connectivity index (χ0) is 13.7. The molecule has 4 rings (SSSR count). The molecule has 2 atom stereocenters. The van der Waals surface area contributed by atoms with Crippen molar-refractivity contribution in [1.82, 2.24) is 9.55 Å². The number of allylic oxidation sites excluding steroid dienone is 4. The molecular weight excluding hydrogens is 270 g/mol. The van der Waals surface area contributed by atoms with Crippen LogP contribution >= 0.6 is 11.8 Å². The van der Waals surface area contributed by atoms with Crippen molar-refractivity contribution in [1.29, 1.82) is 0 Å². The van der Waals surface area contributed by atoms with E-state index in [-0.39, 0.29) is 15.9 Å². The fourth-order valence-electron chi connectivity index (χ4n) is 3.13. The maximum Gasteiger partial charge on any atom is 0.215 e. The molecule has 0 radical (unpaired) electrons. The molecule has 0 saturated heterocycles. The molecule has 2 unspecified atom stereocenters. The Morgan fingerprint density at radius 3 is 3.15 bits per heavy atom. The normalized spacial score (nSPS) is 28.9. The standard InChI is InChI=1S/C15H13N3OS/c1-11(19)20-13-6-4-5-12-15(13)7-2-3-9-18(15)14-16-8-10-17(12)14/h2-10,13H,1H3. The Hall–Kier alpha value is -2.01. The highest BCUT2D eigenvalue weighted by atomic mass is 32.2. The van der Waals surface area contributed by atoms with Crippen molar-refractivity contribution in [2.24, 2.45) is 0 Å². The van der Waals surface area contributed by atoms with Crippen LogP contribution in [-0.2, 0) is 4.79 Å². The molecule has 1 spiro atoms. The van der Waals surface area contributed by atoms with E-state index in [1.807, 2.05) is 30.6 Å². The van der Waals surface area contributed by atoms with Crippen LogP contribution in [0.25, 0.3) is 5.70 Å². The lowest BCUT2D eigenvalue weighted by Gasteiger charge is -2.42. The van der Waals surface area contributed by atoms with E-state index < -0.39 is 0 Å². The number of thioether (sulfide) groups is 1. The Kier molecular flexibility index (Phi) is 2.35. The Bertz CT molecular complexity index is 712. The van der Waals surface area contributed by atoms with E-state index in [0.717, 1.165) is 11.6 Å². The molecule has 3 heterocycles. The third-order valence-electron chi connectivity index (χ3n) is 3.87. The monoisotopic (exact) mass is 283 g/mol. The summed E-state index contributed by atoms with van der Waals surface area (Å²) in [4.78, 5) is 18.2. The molecule has 1 aromatic rings. The number of fused-ring (bicyclic) bond motifs is 3. The fraction of sp³-hybridized carbons (Fsp3) is 0.200. The van der Waals surface area contributed by atoms with Crippen molar-refractivity contribution in [2.45, 2.75) is 17.7 Å². The van der Waals surface area contributed by atoms with Crippen molar-refractivity contribution in [3.05, 3.63) is 55.0 Å². The highest BCUT2D eigenvalue weighted by molar-refractivity contribution is 8.14. The average Bonchev–Trinajstić information content (AvgIpc) is 2.98. The minimum atomic E-state index is -0.344. The zero-order valence-electron chi connectivity index (χ0n) is 10.9. The van der Waals surface area contributed by atoms with E-state index in [2.05, 4.69) is 32.7 Å². The van der Waals surface area contributed by atoms with Crippen LogP contribution in [0, 0.1) is 0 Å². The Labute approximate surface area is 121 Å². The molecular formula is C15H13N3OS. The second-order valence-corrected chi connectivity index (χ2v) is 6.28. The number of carbonyl (C=O) groups is 1. The molecule has 5 heteroatoms. The maximum atomic E-state index is 11.6. The highest BCUT2D eigenvalue weighted by Gasteiger charge is 2.53. The van der Waals surface area contributed by atoms with Gasteiger partial charge in [-0.15, -0.1) is 0 Å². The minimum absolute atomic E-state index is 0.0444. The quantitative estimate of drug-likeness (QED) is 0.794. The van der Waals surface area contributed by atoms with Crippen LogP contribution < -0.4 is 4.90 Å². The van der Waals surface area contributed by atoms with Gasteiger partial charge in [-0.1, -0.05) is 36.1 Å². The first kappa shape index (κ1) is 11.8. The lowest BCUT2D eigenvalue weighted by molar-refractivity contribution is -0.109. The first-order valence-corrected chi connectivity index (χ1v) is 7.37. The average molecular weight is 283 g/mol.